The summed E-state index contributed by atoms with van der Waals surface area (Å²) in [5.41, 5.74) is 0. The predicted octanol–water partition coefficient (Wildman–Crippen LogP) is 4.79. The maximum atomic E-state index is 12.1. The van der Waals surface area contributed by atoms with Crippen LogP contribution in [0.3, 0.4) is 0 Å². The number of carbonyl (C=O) groups is 1. The average Bonchev–Trinajstić information content (AvgIpc) is 2.60. The summed E-state index contributed by atoms with van der Waals surface area (Å²) in [6.07, 6.45) is 8.11. The molecule has 5 nitrogen and oxygen atoms in total. The van der Waals surface area contributed by atoms with E-state index in [2.05, 4.69) is 6.92 Å². The lowest BCUT2D eigenvalue weighted by Crippen LogP contribution is -2.08. The monoisotopic (exact) mass is 377 g/mol. The molecule has 2 aromatic rings. The van der Waals surface area contributed by atoms with Crippen molar-refractivity contribution >= 4 is 26.9 Å². The first-order valence-corrected chi connectivity index (χ1v) is 10.5. The van der Waals surface area contributed by atoms with Gasteiger partial charge in [0, 0.05) is 17.2 Å². The van der Waals surface area contributed by atoms with E-state index in [1.807, 2.05) is 0 Å². The lowest BCUT2D eigenvalue weighted by molar-refractivity contribution is -0.134. The minimum Gasteiger partial charge on any atom is -0.744 e. The van der Waals surface area contributed by atoms with Gasteiger partial charge in [-0.3, -0.25) is 4.79 Å². The molecule has 0 radical (unpaired) electrons. The van der Waals surface area contributed by atoms with Gasteiger partial charge in [0.25, 0.3) is 0 Å². The van der Waals surface area contributed by atoms with Gasteiger partial charge >= 0.3 is 5.97 Å². The van der Waals surface area contributed by atoms with Crippen molar-refractivity contribution in [2.75, 3.05) is 0 Å². The van der Waals surface area contributed by atoms with E-state index < -0.39 is 10.1 Å². The molecule has 2 aromatic carbocycles. The summed E-state index contributed by atoms with van der Waals surface area (Å²) in [7, 11) is -4.59. The van der Waals surface area contributed by atoms with E-state index in [0.717, 1.165) is 19.3 Å². The molecule has 0 spiro atoms. The van der Waals surface area contributed by atoms with Crippen LogP contribution in [0, 0.1) is 0 Å². The highest BCUT2D eigenvalue weighted by Crippen LogP contribution is 2.31. The SMILES string of the molecule is CCCCCCCCCC(=O)Oc1ccc(S(=O)(=O)[O-])c2ccccc12. The van der Waals surface area contributed by atoms with E-state index in [0.29, 0.717) is 11.8 Å². The van der Waals surface area contributed by atoms with Gasteiger partial charge in [0.15, 0.2) is 0 Å². The molecule has 0 amide bonds. The van der Waals surface area contributed by atoms with Crippen LogP contribution in [0.1, 0.15) is 58.3 Å². The summed E-state index contributed by atoms with van der Waals surface area (Å²) in [5, 5.41) is 0.709. The molecule has 0 N–H and O–H groups in total. The van der Waals surface area contributed by atoms with E-state index in [1.54, 1.807) is 18.2 Å². The Morgan fingerprint density at radius 2 is 1.54 bits per heavy atom. The van der Waals surface area contributed by atoms with Crippen LogP contribution in [0.25, 0.3) is 10.8 Å². The van der Waals surface area contributed by atoms with E-state index in [4.69, 9.17) is 4.74 Å². The van der Waals surface area contributed by atoms with E-state index in [-0.39, 0.29) is 22.0 Å². The van der Waals surface area contributed by atoms with Gasteiger partial charge in [-0.15, -0.1) is 0 Å². The molecule has 0 aliphatic carbocycles. The molecule has 0 unspecified atom stereocenters. The standard InChI is InChI=1S/C20H26O5S/c1-2-3-4-5-6-7-8-13-20(21)25-18-14-15-19(26(22,23)24)17-12-10-9-11-16(17)18/h9-12,14-15H,2-8,13H2,1H3,(H,22,23,24)/p-1. The Bertz CT molecular complexity index is 842. The van der Waals surface area contributed by atoms with Gasteiger partial charge in [0.05, 0.1) is 4.90 Å². The van der Waals surface area contributed by atoms with Gasteiger partial charge < -0.3 is 9.29 Å². The molecule has 0 fully saturated rings. The first-order chi connectivity index (χ1) is 12.4. The molecule has 0 saturated carbocycles. The molecule has 0 atom stereocenters. The fourth-order valence-corrected chi connectivity index (χ4v) is 3.63. The third-order valence-electron chi connectivity index (χ3n) is 4.32. The van der Waals surface area contributed by atoms with Gasteiger partial charge in [-0.1, -0.05) is 69.7 Å². The zero-order chi connectivity index (χ0) is 19.0. The lowest BCUT2D eigenvalue weighted by atomic mass is 10.1. The zero-order valence-corrected chi connectivity index (χ0v) is 15.9. The van der Waals surface area contributed by atoms with Crippen LogP contribution in [-0.2, 0) is 14.9 Å². The summed E-state index contributed by atoms with van der Waals surface area (Å²) in [6, 6.07) is 9.09. The van der Waals surface area contributed by atoms with Gasteiger partial charge in [-0.25, -0.2) is 8.42 Å². The van der Waals surface area contributed by atoms with Crippen molar-refractivity contribution in [3.05, 3.63) is 36.4 Å². The van der Waals surface area contributed by atoms with Crippen LogP contribution in [0.2, 0.25) is 0 Å². The highest BCUT2D eigenvalue weighted by Gasteiger charge is 2.13. The number of ether oxygens (including phenoxy) is 1. The maximum Gasteiger partial charge on any atom is 0.311 e. The molecule has 0 saturated heterocycles. The smallest absolute Gasteiger partial charge is 0.311 e. The third kappa shape index (κ3) is 5.81. The Morgan fingerprint density at radius 3 is 2.19 bits per heavy atom. The molecule has 142 valence electrons. The number of hydrogen-bond donors (Lipinski definition) is 0. The fraction of sp³-hybridized carbons (Fsp3) is 0.450. The van der Waals surface area contributed by atoms with Crippen LogP contribution in [0.4, 0.5) is 0 Å². The first kappa shape index (κ1) is 20.4. The molecule has 6 heteroatoms. The summed E-state index contributed by atoms with van der Waals surface area (Å²) >= 11 is 0. The van der Waals surface area contributed by atoms with Crippen molar-refractivity contribution < 1.29 is 22.5 Å². The van der Waals surface area contributed by atoms with Crippen LogP contribution < -0.4 is 4.74 Å². The summed E-state index contributed by atoms with van der Waals surface area (Å²) in [4.78, 5) is 11.8. The number of carbonyl (C=O) groups excluding carboxylic acids is 1. The molecular weight excluding hydrogens is 352 g/mol. The first-order valence-electron chi connectivity index (χ1n) is 9.12. The van der Waals surface area contributed by atoms with Crippen molar-refractivity contribution in [3.63, 3.8) is 0 Å². The third-order valence-corrected chi connectivity index (χ3v) is 5.22. The molecular formula is C20H25O5S-. The molecule has 0 aliphatic rings. The van der Waals surface area contributed by atoms with Crippen molar-refractivity contribution in [1.29, 1.82) is 0 Å². The Balaban J connectivity index is 1.97. The molecule has 0 bridgehead atoms. The number of hydrogen-bond acceptors (Lipinski definition) is 5. The van der Waals surface area contributed by atoms with Crippen molar-refractivity contribution in [3.8, 4) is 5.75 Å². The maximum absolute atomic E-state index is 12.1. The van der Waals surface area contributed by atoms with E-state index >= 15 is 0 Å². The second kappa shape index (κ2) is 9.69. The van der Waals surface area contributed by atoms with Crippen molar-refractivity contribution in [1.82, 2.24) is 0 Å². The molecule has 0 aliphatic heterocycles. The van der Waals surface area contributed by atoms with Gasteiger partial charge in [-0.05, 0) is 18.6 Å². The number of rotatable bonds is 10. The zero-order valence-electron chi connectivity index (χ0n) is 15.1. The van der Waals surface area contributed by atoms with Gasteiger partial charge in [0.1, 0.15) is 15.9 Å². The summed E-state index contributed by atoms with van der Waals surface area (Å²) < 4.78 is 39.6. The van der Waals surface area contributed by atoms with Crippen molar-refractivity contribution in [2.24, 2.45) is 0 Å². The highest BCUT2D eigenvalue weighted by molar-refractivity contribution is 7.86. The number of fused-ring (bicyclic) bond motifs is 1. The average molecular weight is 377 g/mol. The fourth-order valence-electron chi connectivity index (χ4n) is 2.95. The Hall–Kier alpha value is -1.92. The van der Waals surface area contributed by atoms with Gasteiger partial charge in [-0.2, -0.15) is 0 Å². The largest absolute Gasteiger partial charge is 0.744 e. The second-order valence-corrected chi connectivity index (χ2v) is 7.76. The van der Waals surface area contributed by atoms with Gasteiger partial charge in [0.2, 0.25) is 0 Å². The summed E-state index contributed by atoms with van der Waals surface area (Å²) in [5.74, 6) is -0.0672. The Labute approximate surface area is 155 Å². The number of esters is 1. The number of unbranched alkanes of at least 4 members (excludes halogenated alkanes) is 6. The highest BCUT2D eigenvalue weighted by atomic mass is 32.2. The number of benzene rings is 2. The normalized spacial score (nSPS) is 11.6. The molecule has 26 heavy (non-hydrogen) atoms. The van der Waals surface area contributed by atoms with Crippen LogP contribution in [0.15, 0.2) is 41.3 Å². The van der Waals surface area contributed by atoms with Crippen molar-refractivity contribution in [2.45, 2.75) is 63.2 Å². The van der Waals surface area contributed by atoms with E-state index in [9.17, 15) is 17.8 Å². The molecule has 2 rings (SSSR count). The van der Waals surface area contributed by atoms with Crippen LogP contribution in [0.5, 0.6) is 5.75 Å². The topological polar surface area (TPSA) is 83.5 Å². The van der Waals surface area contributed by atoms with Crippen LogP contribution in [-0.4, -0.2) is 18.9 Å². The summed E-state index contributed by atoms with van der Waals surface area (Å²) in [6.45, 7) is 2.18. The Morgan fingerprint density at radius 1 is 0.923 bits per heavy atom. The van der Waals surface area contributed by atoms with E-state index in [1.165, 1.54) is 43.9 Å². The second-order valence-electron chi connectivity index (χ2n) is 6.41. The lowest BCUT2D eigenvalue weighted by Gasteiger charge is -2.13. The van der Waals surface area contributed by atoms with Crippen LogP contribution >= 0.6 is 0 Å². The quantitative estimate of drug-likeness (QED) is 0.257. The Kier molecular flexibility index (Phi) is 7.60. The molecule has 0 heterocycles. The minimum absolute atomic E-state index is 0.267. The minimum atomic E-state index is -4.59. The molecule has 0 aromatic heterocycles. The predicted molar refractivity (Wildman–Crippen MR) is 100 cm³/mol.